The molecular formula is C23H23NO5. The second-order valence-corrected chi connectivity index (χ2v) is 6.28. The summed E-state index contributed by atoms with van der Waals surface area (Å²) >= 11 is 0. The molecule has 0 radical (unpaired) electrons. The third kappa shape index (κ3) is 5.19. The summed E-state index contributed by atoms with van der Waals surface area (Å²) in [5, 5.41) is 12.8. The Morgan fingerprint density at radius 2 is 1.76 bits per heavy atom. The van der Waals surface area contributed by atoms with Crippen LogP contribution >= 0.6 is 0 Å². The van der Waals surface area contributed by atoms with Crippen LogP contribution in [-0.4, -0.2) is 31.8 Å². The number of phenols is 1. The Morgan fingerprint density at radius 1 is 0.931 bits per heavy atom. The van der Waals surface area contributed by atoms with E-state index in [1.807, 2.05) is 30.3 Å². The normalized spacial score (nSPS) is 10.3. The molecule has 3 aromatic carbocycles. The molecule has 6 heteroatoms. The zero-order chi connectivity index (χ0) is 20.6. The lowest BCUT2D eigenvalue weighted by molar-refractivity contribution is 0.102. The van der Waals surface area contributed by atoms with E-state index in [1.54, 1.807) is 31.4 Å². The van der Waals surface area contributed by atoms with Crippen molar-refractivity contribution in [3.05, 3.63) is 77.9 Å². The fourth-order valence-electron chi connectivity index (χ4n) is 2.88. The van der Waals surface area contributed by atoms with Crippen molar-refractivity contribution in [1.29, 1.82) is 0 Å². The second kappa shape index (κ2) is 9.50. The SMILES string of the molecule is COc1ccc(C(=O)Nc2cccc(OCCc3ccccc3OC)c2)c(O)c1. The average Bonchev–Trinajstić information content (AvgIpc) is 2.74. The number of rotatable bonds is 8. The predicted octanol–water partition coefficient (Wildman–Crippen LogP) is 4.28. The molecule has 1 amide bonds. The highest BCUT2D eigenvalue weighted by Crippen LogP contribution is 2.25. The molecule has 29 heavy (non-hydrogen) atoms. The Hall–Kier alpha value is -3.67. The Balaban J connectivity index is 1.61. The minimum atomic E-state index is -0.420. The molecule has 0 aliphatic heterocycles. The van der Waals surface area contributed by atoms with E-state index in [0.29, 0.717) is 30.2 Å². The highest BCUT2D eigenvalue weighted by atomic mass is 16.5. The van der Waals surface area contributed by atoms with Crippen LogP contribution < -0.4 is 19.5 Å². The fourth-order valence-corrected chi connectivity index (χ4v) is 2.88. The first-order chi connectivity index (χ1) is 14.1. The van der Waals surface area contributed by atoms with Gasteiger partial charge in [0, 0.05) is 24.2 Å². The van der Waals surface area contributed by atoms with Crippen molar-refractivity contribution in [2.24, 2.45) is 0 Å². The van der Waals surface area contributed by atoms with Crippen molar-refractivity contribution in [2.45, 2.75) is 6.42 Å². The number of amides is 1. The van der Waals surface area contributed by atoms with Gasteiger partial charge < -0.3 is 24.6 Å². The van der Waals surface area contributed by atoms with Crippen molar-refractivity contribution in [3.8, 4) is 23.0 Å². The lowest BCUT2D eigenvalue weighted by Gasteiger charge is -2.11. The fraction of sp³-hybridized carbons (Fsp3) is 0.174. The molecule has 150 valence electrons. The smallest absolute Gasteiger partial charge is 0.259 e. The van der Waals surface area contributed by atoms with Gasteiger partial charge in [0.05, 0.1) is 26.4 Å². The number of hydrogen-bond acceptors (Lipinski definition) is 5. The lowest BCUT2D eigenvalue weighted by atomic mass is 10.1. The first kappa shape index (κ1) is 20.1. The minimum absolute atomic E-state index is 0.147. The predicted molar refractivity (Wildman–Crippen MR) is 111 cm³/mol. The molecule has 3 aromatic rings. The quantitative estimate of drug-likeness (QED) is 0.597. The van der Waals surface area contributed by atoms with E-state index < -0.39 is 5.91 Å². The van der Waals surface area contributed by atoms with Gasteiger partial charge in [-0.3, -0.25) is 4.79 Å². The number of hydrogen-bond donors (Lipinski definition) is 2. The zero-order valence-electron chi connectivity index (χ0n) is 16.3. The van der Waals surface area contributed by atoms with Gasteiger partial charge in [-0.15, -0.1) is 0 Å². The number of benzene rings is 3. The highest BCUT2D eigenvalue weighted by Gasteiger charge is 2.12. The Labute approximate surface area is 169 Å². The van der Waals surface area contributed by atoms with Crippen molar-refractivity contribution < 1.29 is 24.1 Å². The molecule has 0 saturated carbocycles. The van der Waals surface area contributed by atoms with E-state index >= 15 is 0 Å². The largest absolute Gasteiger partial charge is 0.507 e. The first-order valence-corrected chi connectivity index (χ1v) is 9.14. The summed E-state index contributed by atoms with van der Waals surface area (Å²) in [5.74, 6) is 1.37. The molecule has 0 aliphatic carbocycles. The number of methoxy groups -OCH3 is 2. The topological polar surface area (TPSA) is 77.0 Å². The van der Waals surface area contributed by atoms with E-state index in [9.17, 15) is 9.90 Å². The van der Waals surface area contributed by atoms with Crippen molar-refractivity contribution in [3.63, 3.8) is 0 Å². The maximum absolute atomic E-state index is 12.4. The van der Waals surface area contributed by atoms with Crippen LogP contribution in [0.5, 0.6) is 23.0 Å². The number of nitrogens with one attached hydrogen (secondary N) is 1. The number of ether oxygens (including phenoxy) is 3. The van der Waals surface area contributed by atoms with Gasteiger partial charge >= 0.3 is 0 Å². The summed E-state index contributed by atoms with van der Waals surface area (Å²) in [5.41, 5.74) is 1.79. The Kier molecular flexibility index (Phi) is 6.58. The molecule has 0 bridgehead atoms. The van der Waals surface area contributed by atoms with Crippen LogP contribution in [0.1, 0.15) is 15.9 Å². The van der Waals surface area contributed by atoms with E-state index in [0.717, 1.165) is 11.3 Å². The molecule has 0 atom stereocenters. The van der Waals surface area contributed by atoms with E-state index in [4.69, 9.17) is 14.2 Å². The van der Waals surface area contributed by atoms with E-state index in [-0.39, 0.29) is 11.3 Å². The number of aromatic hydroxyl groups is 1. The molecule has 3 rings (SSSR count). The molecule has 0 unspecified atom stereocenters. The summed E-state index contributed by atoms with van der Waals surface area (Å²) in [4.78, 5) is 12.4. The van der Waals surface area contributed by atoms with Gasteiger partial charge in [0.1, 0.15) is 23.0 Å². The first-order valence-electron chi connectivity index (χ1n) is 9.14. The van der Waals surface area contributed by atoms with E-state index in [1.165, 1.54) is 19.2 Å². The summed E-state index contributed by atoms with van der Waals surface area (Å²) in [6, 6.07) is 19.4. The third-order valence-corrected chi connectivity index (χ3v) is 4.37. The van der Waals surface area contributed by atoms with Gasteiger partial charge in [0.15, 0.2) is 0 Å². The molecule has 0 saturated heterocycles. The molecule has 0 heterocycles. The van der Waals surface area contributed by atoms with Crippen LogP contribution in [0.25, 0.3) is 0 Å². The average molecular weight is 393 g/mol. The van der Waals surface area contributed by atoms with Gasteiger partial charge in [0.25, 0.3) is 5.91 Å². The van der Waals surface area contributed by atoms with Crippen molar-refractivity contribution in [2.75, 3.05) is 26.1 Å². The summed E-state index contributed by atoms with van der Waals surface area (Å²) < 4.78 is 16.2. The van der Waals surface area contributed by atoms with E-state index in [2.05, 4.69) is 5.32 Å². The van der Waals surface area contributed by atoms with Crippen molar-refractivity contribution >= 4 is 11.6 Å². The number of para-hydroxylation sites is 1. The van der Waals surface area contributed by atoms with Gasteiger partial charge in [0.2, 0.25) is 0 Å². The van der Waals surface area contributed by atoms with Gasteiger partial charge in [-0.25, -0.2) is 0 Å². The Bertz CT molecular complexity index is 987. The molecule has 0 fully saturated rings. The molecule has 0 aromatic heterocycles. The summed E-state index contributed by atoms with van der Waals surface area (Å²) in [6.45, 7) is 0.469. The van der Waals surface area contributed by atoms with Crippen LogP contribution in [0.15, 0.2) is 66.7 Å². The van der Waals surface area contributed by atoms with Gasteiger partial charge in [-0.2, -0.15) is 0 Å². The standard InChI is InChI=1S/C23H23NO5/c1-27-18-10-11-20(21(25)15-18)23(26)24-17-7-5-8-19(14-17)29-13-12-16-6-3-4-9-22(16)28-2/h3-11,14-15,25H,12-13H2,1-2H3,(H,24,26). The second-order valence-electron chi connectivity index (χ2n) is 6.28. The Morgan fingerprint density at radius 3 is 2.52 bits per heavy atom. The molecule has 6 nitrogen and oxygen atoms in total. The number of carbonyl (C=O) groups is 1. The zero-order valence-corrected chi connectivity index (χ0v) is 16.3. The third-order valence-electron chi connectivity index (χ3n) is 4.37. The molecular weight excluding hydrogens is 370 g/mol. The maximum atomic E-state index is 12.4. The lowest BCUT2D eigenvalue weighted by Crippen LogP contribution is -2.12. The van der Waals surface area contributed by atoms with Crippen molar-refractivity contribution in [1.82, 2.24) is 0 Å². The van der Waals surface area contributed by atoms with Crippen LogP contribution in [0.4, 0.5) is 5.69 Å². The number of carbonyl (C=O) groups excluding carboxylic acids is 1. The number of anilines is 1. The highest BCUT2D eigenvalue weighted by molar-refractivity contribution is 6.06. The maximum Gasteiger partial charge on any atom is 0.259 e. The van der Waals surface area contributed by atoms with Crippen LogP contribution in [-0.2, 0) is 6.42 Å². The van der Waals surface area contributed by atoms with Crippen LogP contribution in [0.3, 0.4) is 0 Å². The minimum Gasteiger partial charge on any atom is -0.507 e. The summed E-state index contributed by atoms with van der Waals surface area (Å²) in [6.07, 6.45) is 0.695. The van der Waals surface area contributed by atoms with Crippen LogP contribution in [0.2, 0.25) is 0 Å². The van der Waals surface area contributed by atoms with Gasteiger partial charge in [-0.05, 0) is 35.9 Å². The van der Waals surface area contributed by atoms with Gasteiger partial charge in [-0.1, -0.05) is 24.3 Å². The monoisotopic (exact) mass is 393 g/mol. The number of phenolic OH excluding ortho intramolecular Hbond substituents is 1. The molecule has 0 spiro atoms. The molecule has 2 N–H and O–H groups in total. The van der Waals surface area contributed by atoms with Crippen LogP contribution in [0, 0.1) is 0 Å². The summed E-state index contributed by atoms with van der Waals surface area (Å²) in [7, 11) is 3.14. The molecule has 0 aliphatic rings.